The number of aromatic nitrogens is 3. The number of piperidine rings is 1. The zero-order valence-electron chi connectivity index (χ0n) is 27.6. The average Bonchev–Trinajstić information content (AvgIpc) is 3.07. The van der Waals surface area contributed by atoms with Crippen molar-refractivity contribution in [1.29, 1.82) is 0 Å². The Bertz CT molecular complexity index is 1730. The smallest absolute Gasteiger partial charge is 0.276 e. The lowest BCUT2D eigenvalue weighted by Crippen LogP contribution is -2.48. The van der Waals surface area contributed by atoms with Gasteiger partial charge in [0.15, 0.2) is 0 Å². The topological polar surface area (TPSA) is 106 Å². The summed E-state index contributed by atoms with van der Waals surface area (Å²) in [6, 6.07) is 8.22. The van der Waals surface area contributed by atoms with Gasteiger partial charge in [-0.15, -0.1) is 0 Å². The lowest BCUT2D eigenvalue weighted by molar-refractivity contribution is -0.0939. The summed E-state index contributed by atoms with van der Waals surface area (Å²) in [5.74, 6) is -3.27. The predicted molar refractivity (Wildman–Crippen MR) is 180 cm³/mol. The van der Waals surface area contributed by atoms with E-state index >= 15 is 8.78 Å². The zero-order valence-corrected chi connectivity index (χ0v) is 28.4. The molecule has 2 saturated heterocycles. The highest BCUT2D eigenvalue weighted by Gasteiger charge is 2.43. The zero-order chi connectivity index (χ0) is 33.3. The molecule has 8 bridgehead atoms. The van der Waals surface area contributed by atoms with Crippen LogP contribution in [0.15, 0.2) is 41.5 Å². The van der Waals surface area contributed by atoms with E-state index in [0.717, 1.165) is 25.7 Å². The molecule has 0 spiro atoms. The molecule has 4 aliphatic heterocycles. The minimum Gasteiger partial charge on any atom is -0.380 e. The maximum absolute atomic E-state index is 16.0. The Morgan fingerprint density at radius 3 is 2.43 bits per heavy atom. The van der Waals surface area contributed by atoms with Gasteiger partial charge in [0.25, 0.3) is 11.5 Å². The number of halogens is 2. The number of pyridine rings is 1. The monoisotopic (exact) mass is 671 g/mol. The Hall–Kier alpha value is -2.96. The van der Waals surface area contributed by atoms with Crippen molar-refractivity contribution >= 4 is 26.7 Å². The Labute approximate surface area is 276 Å². The number of fused-ring (bicyclic) bond motifs is 9. The van der Waals surface area contributed by atoms with E-state index in [4.69, 9.17) is 4.74 Å². The van der Waals surface area contributed by atoms with Crippen LogP contribution >= 0.6 is 0 Å². The first-order valence-electron chi connectivity index (χ1n) is 17.1. The van der Waals surface area contributed by atoms with E-state index in [1.54, 1.807) is 23.8 Å². The van der Waals surface area contributed by atoms with Crippen LogP contribution < -0.4 is 10.9 Å². The third-order valence-electron chi connectivity index (χ3n) is 10.9. The molecule has 9 nitrogen and oxygen atoms in total. The first-order chi connectivity index (χ1) is 22.5. The Morgan fingerprint density at radius 1 is 0.957 bits per heavy atom. The molecule has 256 valence electrons. The molecule has 1 N–H and O–H groups in total. The fourth-order valence-corrected chi connectivity index (χ4v) is 9.30. The molecule has 4 aliphatic rings. The SMILES string of the molecule is CO[C@H]1CCCCCn2c(=O)c(C3CCS(=O)(=O)CC3)cc3c(ncnc32)N[C@H](C)c2cccc(c2)C(F)(F)C2CCN(CC2)C1C. The summed E-state index contributed by atoms with van der Waals surface area (Å²) in [5, 5.41) is 4.09. The van der Waals surface area contributed by atoms with Crippen LogP contribution in [0.1, 0.15) is 93.9 Å². The van der Waals surface area contributed by atoms with Crippen molar-refractivity contribution in [3.05, 3.63) is 63.7 Å². The maximum Gasteiger partial charge on any atom is 0.276 e. The van der Waals surface area contributed by atoms with Crippen molar-refractivity contribution in [2.45, 2.75) is 102 Å². The van der Waals surface area contributed by atoms with Crippen molar-refractivity contribution in [2.24, 2.45) is 5.92 Å². The number of hydrogen-bond donors (Lipinski definition) is 1. The minimum absolute atomic E-state index is 0.0184. The second-order valence-corrected chi connectivity index (χ2v) is 16.0. The summed E-state index contributed by atoms with van der Waals surface area (Å²) >= 11 is 0. The molecule has 3 aromatic rings. The summed E-state index contributed by atoms with van der Waals surface area (Å²) in [7, 11) is -1.39. The van der Waals surface area contributed by atoms with Crippen molar-refractivity contribution in [3.63, 3.8) is 0 Å². The third kappa shape index (κ3) is 7.10. The molecular formula is C35H47F2N5O4S. The van der Waals surface area contributed by atoms with Gasteiger partial charge in [-0.05, 0) is 89.1 Å². The van der Waals surface area contributed by atoms with Crippen LogP contribution in [0.3, 0.4) is 0 Å². The van der Waals surface area contributed by atoms with Gasteiger partial charge in [0.1, 0.15) is 27.6 Å². The number of methoxy groups -OCH3 is 1. The number of nitrogens with zero attached hydrogens (tertiary/aromatic N) is 4. The van der Waals surface area contributed by atoms with E-state index in [9.17, 15) is 13.2 Å². The molecule has 6 heterocycles. The van der Waals surface area contributed by atoms with E-state index in [1.165, 1.54) is 12.4 Å². The first-order valence-corrected chi connectivity index (χ1v) is 18.9. The molecule has 47 heavy (non-hydrogen) atoms. The molecule has 2 fully saturated rings. The van der Waals surface area contributed by atoms with Gasteiger partial charge < -0.3 is 10.1 Å². The molecule has 3 atom stereocenters. The molecule has 0 amide bonds. The van der Waals surface area contributed by atoms with Crippen molar-refractivity contribution in [2.75, 3.05) is 37.0 Å². The second kappa shape index (κ2) is 13.9. The van der Waals surface area contributed by atoms with Gasteiger partial charge in [-0.2, -0.15) is 0 Å². The fourth-order valence-electron chi connectivity index (χ4n) is 7.81. The van der Waals surface area contributed by atoms with E-state index in [0.29, 0.717) is 73.3 Å². The highest BCUT2D eigenvalue weighted by molar-refractivity contribution is 7.91. The van der Waals surface area contributed by atoms with E-state index in [-0.39, 0.29) is 46.7 Å². The number of anilines is 1. The summed E-state index contributed by atoms with van der Waals surface area (Å²) < 4.78 is 64.1. The Balaban J connectivity index is 1.40. The van der Waals surface area contributed by atoms with Crippen molar-refractivity contribution in [1.82, 2.24) is 19.4 Å². The van der Waals surface area contributed by atoms with Gasteiger partial charge in [0, 0.05) is 42.8 Å². The molecule has 12 heteroatoms. The third-order valence-corrected chi connectivity index (χ3v) is 12.6. The van der Waals surface area contributed by atoms with Gasteiger partial charge in [0.05, 0.1) is 23.0 Å². The van der Waals surface area contributed by atoms with Crippen LogP contribution in [-0.4, -0.2) is 71.7 Å². The van der Waals surface area contributed by atoms with Crippen LogP contribution in [0.4, 0.5) is 14.6 Å². The quantitative estimate of drug-likeness (QED) is 0.352. The number of ether oxygens (including phenoxy) is 1. The maximum atomic E-state index is 16.0. The lowest BCUT2D eigenvalue weighted by Gasteiger charge is -2.41. The molecule has 0 radical (unpaired) electrons. The number of alkyl halides is 2. The molecule has 7 rings (SSSR count). The van der Waals surface area contributed by atoms with Crippen LogP contribution in [0.2, 0.25) is 0 Å². The van der Waals surface area contributed by atoms with E-state index in [2.05, 4.69) is 27.1 Å². The number of sulfone groups is 1. The summed E-state index contributed by atoms with van der Waals surface area (Å²) in [6.45, 7) is 5.73. The molecule has 0 aliphatic carbocycles. The minimum atomic E-state index is -3.11. The number of benzene rings is 1. The largest absolute Gasteiger partial charge is 0.380 e. The molecular weight excluding hydrogens is 624 g/mol. The van der Waals surface area contributed by atoms with Crippen molar-refractivity contribution in [3.8, 4) is 0 Å². The normalized spacial score (nSPS) is 28.8. The van der Waals surface area contributed by atoms with Crippen molar-refractivity contribution < 1.29 is 21.9 Å². The van der Waals surface area contributed by atoms with Gasteiger partial charge >= 0.3 is 0 Å². The standard InChI is InChI=1S/C35H47F2N5O4S/c1-23-26-8-7-9-28(20-26)35(36,37)27-11-16-41(17-12-27)24(2)31(46-3)10-5-4-6-15-42-33-30(32(40-23)38-22-39-33)21-29(34(42)43)25-13-18-47(44,45)19-14-25/h7-9,20-25,27,31H,4-6,10-19H2,1-3H3,(H,38,39,40)/t23-,24?,31+/m1/s1. The van der Waals surface area contributed by atoms with Gasteiger partial charge in [-0.1, -0.05) is 31.0 Å². The number of hydrogen-bond acceptors (Lipinski definition) is 8. The molecule has 0 saturated carbocycles. The fraction of sp³-hybridized carbons (Fsp3) is 0.629. The van der Waals surface area contributed by atoms with E-state index < -0.39 is 21.7 Å². The summed E-state index contributed by atoms with van der Waals surface area (Å²) in [5.41, 5.74) is 1.67. The lowest BCUT2D eigenvalue weighted by atomic mass is 9.85. The van der Waals surface area contributed by atoms with Crippen LogP contribution in [-0.2, 0) is 27.0 Å². The Morgan fingerprint density at radius 2 is 1.70 bits per heavy atom. The van der Waals surface area contributed by atoms with Gasteiger partial charge in [-0.3, -0.25) is 14.3 Å². The van der Waals surface area contributed by atoms with E-state index in [1.807, 2.05) is 19.1 Å². The number of rotatable bonds is 2. The van der Waals surface area contributed by atoms with Crippen LogP contribution in [0.5, 0.6) is 0 Å². The highest BCUT2D eigenvalue weighted by atomic mass is 32.2. The number of nitrogens with one attached hydrogen (secondary N) is 1. The van der Waals surface area contributed by atoms with Gasteiger partial charge in [0.2, 0.25) is 0 Å². The molecule has 1 unspecified atom stereocenters. The van der Waals surface area contributed by atoms with Crippen LogP contribution in [0.25, 0.3) is 11.0 Å². The summed E-state index contributed by atoms with van der Waals surface area (Å²) in [6.07, 6.45) is 6.42. The van der Waals surface area contributed by atoms with Crippen LogP contribution in [0, 0.1) is 5.92 Å². The molecule has 1 aromatic carbocycles. The first kappa shape index (κ1) is 33.9. The Kier molecular flexibility index (Phi) is 10.0. The second-order valence-electron chi connectivity index (χ2n) is 13.7. The summed E-state index contributed by atoms with van der Waals surface area (Å²) in [4.78, 5) is 25.4. The predicted octanol–water partition coefficient (Wildman–Crippen LogP) is 6.04. The number of aryl methyl sites for hydroxylation is 1. The average molecular weight is 672 g/mol. The highest BCUT2D eigenvalue weighted by Crippen LogP contribution is 2.43. The molecule has 2 aromatic heterocycles. The van der Waals surface area contributed by atoms with Gasteiger partial charge in [-0.25, -0.2) is 27.2 Å².